The van der Waals surface area contributed by atoms with E-state index in [9.17, 15) is 9.59 Å². The quantitative estimate of drug-likeness (QED) is 0.691. The molecular formula is C12H26O7. The van der Waals surface area contributed by atoms with Gasteiger partial charge in [-0.25, -0.2) is 0 Å². The molecule has 0 fully saturated rings. The molecule has 2 N–H and O–H groups in total. The van der Waals surface area contributed by atoms with Crippen LogP contribution in [-0.2, 0) is 23.8 Å². The van der Waals surface area contributed by atoms with Gasteiger partial charge in [-0.1, -0.05) is 0 Å². The molecule has 0 aromatic heterocycles. The molecule has 0 heterocycles. The van der Waals surface area contributed by atoms with E-state index in [1.165, 1.54) is 13.8 Å². The van der Waals surface area contributed by atoms with Crippen LogP contribution in [0, 0.1) is 0 Å². The summed E-state index contributed by atoms with van der Waals surface area (Å²) in [6.07, 6.45) is -0.364. The lowest BCUT2D eigenvalue weighted by atomic mass is 10.4. The lowest BCUT2D eigenvalue weighted by molar-refractivity contribution is -0.155. The third kappa shape index (κ3) is 38.3. The third-order valence-corrected chi connectivity index (χ3v) is 1.18. The number of carbonyl (C=O) groups excluding carboxylic acids is 2. The number of carbonyl (C=O) groups is 2. The molecule has 7 nitrogen and oxygen atoms in total. The Bertz CT molecular complexity index is 204. The minimum Gasteiger partial charge on any atom is -0.462 e. The highest BCUT2D eigenvalue weighted by Gasteiger charge is 2.06. The SMILES string of the molecule is CC(=O)OCC(C)OC(C)=O.CCO.COCCO. The molecule has 0 radical (unpaired) electrons. The van der Waals surface area contributed by atoms with E-state index in [1.807, 2.05) is 0 Å². The molecule has 0 aliphatic carbocycles. The predicted octanol–water partition coefficient (Wildman–Crippen LogP) is 0.125. The summed E-state index contributed by atoms with van der Waals surface area (Å²) in [6.45, 7) is 6.89. The number of rotatable bonds is 5. The van der Waals surface area contributed by atoms with Crippen LogP contribution >= 0.6 is 0 Å². The molecule has 0 aliphatic heterocycles. The highest BCUT2D eigenvalue weighted by atomic mass is 16.6. The van der Waals surface area contributed by atoms with Gasteiger partial charge in [-0.05, 0) is 13.8 Å². The van der Waals surface area contributed by atoms with Gasteiger partial charge in [-0.2, -0.15) is 0 Å². The van der Waals surface area contributed by atoms with Crippen LogP contribution in [0.5, 0.6) is 0 Å². The summed E-state index contributed by atoms with van der Waals surface area (Å²) in [5.41, 5.74) is 0. The van der Waals surface area contributed by atoms with Gasteiger partial charge >= 0.3 is 11.9 Å². The molecule has 0 saturated carbocycles. The molecule has 0 aromatic rings. The fraction of sp³-hybridized carbons (Fsp3) is 0.833. The molecule has 116 valence electrons. The minimum atomic E-state index is -0.371. The fourth-order valence-corrected chi connectivity index (χ4v) is 0.643. The highest BCUT2D eigenvalue weighted by molar-refractivity contribution is 5.67. The summed E-state index contributed by atoms with van der Waals surface area (Å²) in [6, 6.07) is 0. The minimum absolute atomic E-state index is 0.120. The van der Waals surface area contributed by atoms with Crippen molar-refractivity contribution in [2.24, 2.45) is 0 Å². The van der Waals surface area contributed by atoms with Crippen molar-refractivity contribution in [1.29, 1.82) is 0 Å². The zero-order valence-electron chi connectivity index (χ0n) is 12.3. The number of esters is 2. The topological polar surface area (TPSA) is 102 Å². The van der Waals surface area contributed by atoms with Crippen molar-refractivity contribution in [2.75, 3.05) is 33.5 Å². The normalized spacial score (nSPS) is 10.1. The molecular weight excluding hydrogens is 256 g/mol. The molecule has 0 saturated heterocycles. The van der Waals surface area contributed by atoms with E-state index >= 15 is 0 Å². The Morgan fingerprint density at radius 1 is 1.16 bits per heavy atom. The van der Waals surface area contributed by atoms with Crippen LogP contribution in [0.25, 0.3) is 0 Å². The van der Waals surface area contributed by atoms with E-state index in [2.05, 4.69) is 14.2 Å². The molecule has 19 heavy (non-hydrogen) atoms. The number of aliphatic hydroxyl groups excluding tert-OH is 2. The maximum atomic E-state index is 10.3. The summed E-state index contributed by atoms with van der Waals surface area (Å²) in [5.74, 6) is -0.742. The van der Waals surface area contributed by atoms with Gasteiger partial charge in [0, 0.05) is 27.6 Å². The van der Waals surface area contributed by atoms with Crippen LogP contribution < -0.4 is 0 Å². The van der Waals surface area contributed by atoms with Gasteiger partial charge in [0.05, 0.1) is 13.2 Å². The van der Waals surface area contributed by atoms with Crippen molar-refractivity contribution in [3.63, 3.8) is 0 Å². The summed E-state index contributed by atoms with van der Waals surface area (Å²) in [4.78, 5) is 20.6. The van der Waals surface area contributed by atoms with Gasteiger partial charge in [-0.3, -0.25) is 9.59 Å². The lowest BCUT2D eigenvalue weighted by Crippen LogP contribution is -2.19. The Morgan fingerprint density at radius 2 is 1.63 bits per heavy atom. The maximum absolute atomic E-state index is 10.3. The second-order valence-corrected chi connectivity index (χ2v) is 3.26. The first-order chi connectivity index (χ1) is 8.85. The van der Waals surface area contributed by atoms with E-state index < -0.39 is 0 Å². The Hall–Kier alpha value is -1.18. The maximum Gasteiger partial charge on any atom is 0.303 e. The van der Waals surface area contributed by atoms with E-state index in [0.717, 1.165) is 0 Å². The third-order valence-electron chi connectivity index (χ3n) is 1.18. The molecule has 0 rings (SSSR count). The van der Waals surface area contributed by atoms with Crippen molar-refractivity contribution in [3.05, 3.63) is 0 Å². The predicted molar refractivity (Wildman–Crippen MR) is 69.6 cm³/mol. The van der Waals surface area contributed by atoms with Crippen molar-refractivity contribution in [1.82, 2.24) is 0 Å². The molecule has 0 spiro atoms. The zero-order chi connectivity index (χ0) is 15.7. The van der Waals surface area contributed by atoms with E-state index in [1.54, 1.807) is 21.0 Å². The molecule has 7 heteroatoms. The van der Waals surface area contributed by atoms with E-state index in [4.69, 9.17) is 10.2 Å². The molecule has 1 unspecified atom stereocenters. The fourth-order valence-electron chi connectivity index (χ4n) is 0.643. The van der Waals surface area contributed by atoms with Crippen molar-refractivity contribution in [3.8, 4) is 0 Å². The summed E-state index contributed by atoms with van der Waals surface area (Å²) in [7, 11) is 1.55. The molecule has 1 atom stereocenters. The zero-order valence-corrected chi connectivity index (χ0v) is 12.3. The standard InChI is InChI=1S/C7H12O4.C3H8O2.C2H6O/c1-5(11-7(3)9)4-10-6(2)8;1-5-3-2-4;1-2-3/h5H,4H2,1-3H3;4H,2-3H2,1H3;3H,2H2,1H3. The molecule has 0 aliphatic rings. The van der Waals surface area contributed by atoms with Crippen LogP contribution in [0.3, 0.4) is 0 Å². The molecule has 0 bridgehead atoms. The Morgan fingerprint density at radius 3 is 1.84 bits per heavy atom. The lowest BCUT2D eigenvalue weighted by Gasteiger charge is -2.10. The van der Waals surface area contributed by atoms with E-state index in [0.29, 0.717) is 6.61 Å². The number of methoxy groups -OCH3 is 1. The van der Waals surface area contributed by atoms with Gasteiger partial charge in [0.2, 0.25) is 0 Å². The van der Waals surface area contributed by atoms with Crippen LogP contribution in [-0.4, -0.2) is 61.8 Å². The smallest absolute Gasteiger partial charge is 0.303 e. The number of aliphatic hydroxyl groups is 2. The van der Waals surface area contributed by atoms with Gasteiger partial charge < -0.3 is 24.4 Å². The number of hydrogen-bond acceptors (Lipinski definition) is 7. The second kappa shape index (κ2) is 19.2. The largest absolute Gasteiger partial charge is 0.462 e. The van der Waals surface area contributed by atoms with Gasteiger partial charge in [0.15, 0.2) is 0 Å². The summed E-state index contributed by atoms with van der Waals surface area (Å²) in [5, 5.41) is 15.5. The van der Waals surface area contributed by atoms with Gasteiger partial charge in [-0.15, -0.1) is 0 Å². The van der Waals surface area contributed by atoms with Crippen molar-refractivity contribution >= 4 is 11.9 Å². The van der Waals surface area contributed by atoms with Crippen LogP contribution in [0.4, 0.5) is 0 Å². The summed E-state index contributed by atoms with van der Waals surface area (Å²) < 4.78 is 13.7. The average Bonchev–Trinajstić information content (AvgIpc) is 2.28. The first-order valence-corrected chi connectivity index (χ1v) is 5.86. The number of ether oxygens (including phenoxy) is 3. The monoisotopic (exact) mass is 282 g/mol. The first kappa shape index (κ1) is 23.0. The Labute approximate surface area is 114 Å². The van der Waals surface area contributed by atoms with Crippen LogP contribution in [0.15, 0.2) is 0 Å². The van der Waals surface area contributed by atoms with Crippen molar-refractivity contribution < 1.29 is 34.0 Å². The van der Waals surface area contributed by atoms with Crippen molar-refractivity contribution in [2.45, 2.75) is 33.8 Å². The second-order valence-electron chi connectivity index (χ2n) is 3.26. The number of hydrogen-bond donors (Lipinski definition) is 2. The highest BCUT2D eigenvalue weighted by Crippen LogP contribution is 1.92. The first-order valence-electron chi connectivity index (χ1n) is 5.86. The Balaban J connectivity index is -0.000000266. The van der Waals surface area contributed by atoms with Crippen LogP contribution in [0.2, 0.25) is 0 Å². The van der Waals surface area contributed by atoms with Crippen LogP contribution in [0.1, 0.15) is 27.7 Å². The van der Waals surface area contributed by atoms with Gasteiger partial charge in [0.1, 0.15) is 12.7 Å². The average molecular weight is 282 g/mol. The Kier molecular flexibility index (Phi) is 23.2. The molecule has 0 aromatic carbocycles. The van der Waals surface area contributed by atoms with E-state index in [-0.39, 0.29) is 37.9 Å². The molecule has 0 amide bonds. The van der Waals surface area contributed by atoms with Gasteiger partial charge in [0.25, 0.3) is 0 Å². The summed E-state index contributed by atoms with van der Waals surface area (Å²) >= 11 is 0.